The number of nitrogen functional groups attached to an aromatic ring is 1. The number of nitrogens with zero attached hydrogens (tertiary/aromatic N) is 2. The molecule has 0 amide bonds. The number of hydrogen-bond donors (Lipinski definition) is 2. The summed E-state index contributed by atoms with van der Waals surface area (Å²) in [6.07, 6.45) is 0. The van der Waals surface area contributed by atoms with Crippen LogP contribution in [0.25, 0.3) is 16.6 Å². The number of benzene rings is 3. The summed E-state index contributed by atoms with van der Waals surface area (Å²) in [5.74, 6) is 7.66. The summed E-state index contributed by atoms with van der Waals surface area (Å²) in [7, 11) is 3.00. The summed E-state index contributed by atoms with van der Waals surface area (Å²) >= 11 is 6.24. The van der Waals surface area contributed by atoms with Crippen LogP contribution in [0, 0.1) is 0 Å². The van der Waals surface area contributed by atoms with Crippen molar-refractivity contribution in [3.05, 3.63) is 76.0 Å². The Bertz CT molecular complexity index is 1310. The van der Waals surface area contributed by atoms with Gasteiger partial charge >= 0.3 is 0 Å². The quantitative estimate of drug-likeness (QED) is 0.344. The minimum absolute atomic E-state index is 0.102. The third-order valence-electron chi connectivity index (χ3n) is 4.64. The Kier molecular flexibility index (Phi) is 5.66. The molecule has 9 heteroatoms. The molecular formula is C22H19ClN4O4. The molecule has 1 aromatic heterocycles. The smallest absolute Gasteiger partial charge is 0.267 e. The van der Waals surface area contributed by atoms with Gasteiger partial charge in [-0.25, -0.2) is 15.4 Å². The first-order valence-electron chi connectivity index (χ1n) is 9.24. The average Bonchev–Trinajstić information content (AvgIpc) is 2.80. The van der Waals surface area contributed by atoms with Gasteiger partial charge in [0.15, 0.2) is 17.2 Å². The third-order valence-corrected chi connectivity index (χ3v) is 4.87. The van der Waals surface area contributed by atoms with E-state index in [9.17, 15) is 4.79 Å². The van der Waals surface area contributed by atoms with Crippen LogP contribution in [0.4, 0.5) is 5.95 Å². The van der Waals surface area contributed by atoms with Gasteiger partial charge in [0.25, 0.3) is 5.56 Å². The summed E-state index contributed by atoms with van der Waals surface area (Å²) in [6.45, 7) is 0. The molecule has 4 rings (SSSR count). The second-order valence-electron chi connectivity index (χ2n) is 6.47. The fraction of sp³-hybridized carbons (Fsp3) is 0.0909. The number of ether oxygens (including phenoxy) is 3. The van der Waals surface area contributed by atoms with E-state index in [0.29, 0.717) is 44.6 Å². The molecule has 0 saturated carbocycles. The van der Waals surface area contributed by atoms with Gasteiger partial charge in [0.1, 0.15) is 5.75 Å². The zero-order valence-electron chi connectivity index (χ0n) is 16.8. The first kappa shape index (κ1) is 20.5. The van der Waals surface area contributed by atoms with Crippen molar-refractivity contribution >= 4 is 28.5 Å². The highest BCUT2D eigenvalue weighted by Crippen LogP contribution is 2.34. The number of nitrogens with two attached hydrogens (primary N) is 1. The average molecular weight is 439 g/mol. The summed E-state index contributed by atoms with van der Waals surface area (Å²) in [4.78, 5) is 18.0. The van der Waals surface area contributed by atoms with Crippen molar-refractivity contribution in [1.29, 1.82) is 0 Å². The van der Waals surface area contributed by atoms with Crippen molar-refractivity contribution in [3.8, 4) is 28.7 Å². The largest absolute Gasteiger partial charge is 0.493 e. The van der Waals surface area contributed by atoms with Crippen LogP contribution in [0.15, 0.2) is 65.5 Å². The standard InChI is InChI=1S/C22H19ClN4O4/c1-29-19-11-15-16(12-20(19)30-2)25-22(26-24)27(21(15)28)17-10-13(23)8-9-18(17)31-14-6-4-3-5-7-14/h3-12H,24H2,1-2H3,(H,25,26). The van der Waals surface area contributed by atoms with Crippen LogP contribution in [0.5, 0.6) is 23.0 Å². The summed E-state index contributed by atoms with van der Waals surface area (Å²) in [5, 5.41) is 0.722. The topological polar surface area (TPSA) is 101 Å². The highest BCUT2D eigenvalue weighted by molar-refractivity contribution is 6.30. The Morgan fingerprint density at radius 3 is 2.35 bits per heavy atom. The first-order chi connectivity index (χ1) is 15.0. The molecule has 0 aliphatic rings. The molecule has 3 N–H and O–H groups in total. The van der Waals surface area contributed by atoms with Crippen LogP contribution in [0.1, 0.15) is 0 Å². The molecular weight excluding hydrogens is 420 g/mol. The number of fused-ring (bicyclic) bond motifs is 1. The van der Waals surface area contributed by atoms with E-state index in [1.54, 1.807) is 42.5 Å². The molecule has 0 atom stereocenters. The lowest BCUT2D eigenvalue weighted by Gasteiger charge is -2.17. The number of aromatic nitrogens is 2. The normalized spacial score (nSPS) is 10.7. The molecule has 0 saturated heterocycles. The van der Waals surface area contributed by atoms with Gasteiger partial charge in [0.2, 0.25) is 5.95 Å². The highest BCUT2D eigenvalue weighted by Gasteiger charge is 2.19. The molecule has 0 unspecified atom stereocenters. The van der Waals surface area contributed by atoms with E-state index in [4.69, 9.17) is 31.7 Å². The molecule has 1 heterocycles. The Morgan fingerprint density at radius 1 is 0.968 bits per heavy atom. The fourth-order valence-corrected chi connectivity index (χ4v) is 3.37. The molecule has 0 fully saturated rings. The molecule has 31 heavy (non-hydrogen) atoms. The molecule has 0 aliphatic heterocycles. The maximum absolute atomic E-state index is 13.5. The number of methoxy groups -OCH3 is 2. The number of rotatable bonds is 6. The van der Waals surface area contributed by atoms with Gasteiger partial charge in [-0.3, -0.25) is 10.2 Å². The molecule has 0 aliphatic carbocycles. The minimum atomic E-state index is -0.390. The third kappa shape index (κ3) is 3.86. The van der Waals surface area contributed by atoms with Gasteiger partial charge in [0, 0.05) is 11.1 Å². The molecule has 0 bridgehead atoms. The number of hydrogen-bond acceptors (Lipinski definition) is 7. The number of hydrazine groups is 1. The van der Waals surface area contributed by atoms with Crippen LogP contribution in [-0.2, 0) is 0 Å². The zero-order valence-corrected chi connectivity index (χ0v) is 17.5. The van der Waals surface area contributed by atoms with Crippen LogP contribution >= 0.6 is 11.6 Å². The lowest BCUT2D eigenvalue weighted by Crippen LogP contribution is -2.26. The van der Waals surface area contributed by atoms with Crippen LogP contribution in [0.2, 0.25) is 5.02 Å². The van der Waals surface area contributed by atoms with Gasteiger partial charge < -0.3 is 14.2 Å². The molecule has 158 valence electrons. The van der Waals surface area contributed by atoms with Crippen LogP contribution < -0.4 is 31.0 Å². The lowest BCUT2D eigenvalue weighted by atomic mass is 10.2. The summed E-state index contributed by atoms with van der Waals surface area (Å²) in [6, 6.07) is 17.3. The summed E-state index contributed by atoms with van der Waals surface area (Å²) < 4.78 is 18.0. The SMILES string of the molecule is COc1cc2nc(NN)n(-c3cc(Cl)ccc3Oc3ccccc3)c(=O)c2cc1OC. The Labute approximate surface area is 182 Å². The number of nitrogens with one attached hydrogen (secondary N) is 1. The first-order valence-corrected chi connectivity index (χ1v) is 9.61. The van der Waals surface area contributed by atoms with E-state index >= 15 is 0 Å². The van der Waals surface area contributed by atoms with Crippen LogP contribution in [-0.4, -0.2) is 23.8 Å². The highest BCUT2D eigenvalue weighted by atomic mass is 35.5. The lowest BCUT2D eigenvalue weighted by molar-refractivity contribution is 0.355. The van der Waals surface area contributed by atoms with Gasteiger partial charge in [-0.1, -0.05) is 29.8 Å². The molecule has 0 spiro atoms. The van der Waals surface area contributed by atoms with Crippen molar-refractivity contribution in [1.82, 2.24) is 9.55 Å². The second kappa shape index (κ2) is 8.55. The van der Waals surface area contributed by atoms with E-state index in [-0.39, 0.29) is 11.5 Å². The fourth-order valence-electron chi connectivity index (χ4n) is 3.20. The van der Waals surface area contributed by atoms with E-state index in [1.165, 1.54) is 18.8 Å². The maximum atomic E-state index is 13.5. The number of para-hydroxylation sites is 1. The minimum Gasteiger partial charge on any atom is -0.493 e. The predicted molar refractivity (Wildman–Crippen MR) is 120 cm³/mol. The zero-order chi connectivity index (χ0) is 22.0. The van der Waals surface area contributed by atoms with Gasteiger partial charge in [0.05, 0.1) is 30.8 Å². The van der Waals surface area contributed by atoms with Crippen molar-refractivity contribution in [2.24, 2.45) is 5.84 Å². The van der Waals surface area contributed by atoms with Gasteiger partial charge in [-0.2, -0.15) is 0 Å². The summed E-state index contributed by atoms with van der Waals surface area (Å²) in [5.41, 5.74) is 2.86. The number of anilines is 1. The molecule has 3 aromatic carbocycles. The van der Waals surface area contributed by atoms with E-state index in [1.807, 2.05) is 18.2 Å². The molecule has 8 nitrogen and oxygen atoms in total. The van der Waals surface area contributed by atoms with Crippen molar-refractivity contribution in [2.75, 3.05) is 19.6 Å². The van der Waals surface area contributed by atoms with E-state index in [0.717, 1.165) is 0 Å². The number of halogens is 1. The Morgan fingerprint density at radius 2 is 1.68 bits per heavy atom. The van der Waals surface area contributed by atoms with Crippen LogP contribution in [0.3, 0.4) is 0 Å². The molecule has 4 aromatic rings. The van der Waals surface area contributed by atoms with Crippen molar-refractivity contribution < 1.29 is 14.2 Å². The molecule has 0 radical (unpaired) electrons. The van der Waals surface area contributed by atoms with Gasteiger partial charge in [-0.15, -0.1) is 0 Å². The van der Waals surface area contributed by atoms with E-state index < -0.39 is 0 Å². The second-order valence-corrected chi connectivity index (χ2v) is 6.91. The Hall–Kier alpha value is -3.75. The Balaban J connectivity index is 1.98. The maximum Gasteiger partial charge on any atom is 0.267 e. The van der Waals surface area contributed by atoms with Gasteiger partial charge in [-0.05, 0) is 36.4 Å². The van der Waals surface area contributed by atoms with Crippen molar-refractivity contribution in [3.63, 3.8) is 0 Å². The monoisotopic (exact) mass is 438 g/mol. The predicted octanol–water partition coefficient (Wildman–Crippen LogP) is 4.13. The van der Waals surface area contributed by atoms with E-state index in [2.05, 4.69) is 10.4 Å². The van der Waals surface area contributed by atoms with Crippen molar-refractivity contribution in [2.45, 2.75) is 0 Å².